The molecule has 17 heavy (non-hydrogen) atoms. The first-order valence-corrected chi connectivity index (χ1v) is 6.36. The van der Waals surface area contributed by atoms with E-state index in [1.165, 1.54) is 12.8 Å². The molecule has 2 nitrogen and oxygen atoms in total. The zero-order valence-corrected chi connectivity index (χ0v) is 10.7. The van der Waals surface area contributed by atoms with Crippen molar-refractivity contribution >= 4 is 6.29 Å². The SMILES string of the molecule is CC(C)c1cc(C=O)cc([C@H](C)C2CC2)c1O. The first-order valence-electron chi connectivity index (χ1n) is 6.36. The lowest BCUT2D eigenvalue weighted by atomic mass is 9.89. The third-order valence-electron chi connectivity index (χ3n) is 3.77. The van der Waals surface area contributed by atoms with Gasteiger partial charge in [0.1, 0.15) is 12.0 Å². The number of phenolic OH excluding ortho intramolecular Hbond substituents is 1. The van der Waals surface area contributed by atoms with Crippen LogP contribution in [0.15, 0.2) is 12.1 Å². The molecule has 1 aromatic rings. The molecule has 1 saturated carbocycles. The third kappa shape index (κ3) is 2.36. The monoisotopic (exact) mass is 232 g/mol. The van der Waals surface area contributed by atoms with E-state index in [9.17, 15) is 9.90 Å². The summed E-state index contributed by atoms with van der Waals surface area (Å²) >= 11 is 0. The first kappa shape index (κ1) is 12.2. The molecule has 92 valence electrons. The molecule has 1 aromatic carbocycles. The average Bonchev–Trinajstić information content (AvgIpc) is 3.12. The van der Waals surface area contributed by atoms with Gasteiger partial charge in [0.15, 0.2) is 0 Å². The van der Waals surface area contributed by atoms with Gasteiger partial charge in [-0.15, -0.1) is 0 Å². The van der Waals surface area contributed by atoms with Crippen LogP contribution in [0.2, 0.25) is 0 Å². The van der Waals surface area contributed by atoms with Crippen LogP contribution in [0.3, 0.4) is 0 Å². The van der Waals surface area contributed by atoms with Crippen LogP contribution in [0, 0.1) is 5.92 Å². The van der Waals surface area contributed by atoms with Crippen LogP contribution in [0.5, 0.6) is 5.75 Å². The average molecular weight is 232 g/mol. The zero-order chi connectivity index (χ0) is 12.6. The molecular weight excluding hydrogens is 212 g/mol. The second-order valence-corrected chi connectivity index (χ2v) is 5.45. The third-order valence-corrected chi connectivity index (χ3v) is 3.77. The van der Waals surface area contributed by atoms with Crippen LogP contribution in [0.25, 0.3) is 0 Å². The largest absolute Gasteiger partial charge is 0.507 e. The maximum Gasteiger partial charge on any atom is 0.150 e. The lowest BCUT2D eigenvalue weighted by Gasteiger charge is -2.18. The molecule has 0 bridgehead atoms. The summed E-state index contributed by atoms with van der Waals surface area (Å²) in [5, 5.41) is 10.3. The van der Waals surface area contributed by atoms with Gasteiger partial charge in [-0.3, -0.25) is 4.79 Å². The van der Waals surface area contributed by atoms with Crippen LogP contribution in [-0.2, 0) is 0 Å². The highest BCUT2D eigenvalue weighted by atomic mass is 16.3. The Kier molecular flexibility index (Phi) is 3.23. The number of hydrogen-bond acceptors (Lipinski definition) is 2. The van der Waals surface area contributed by atoms with Gasteiger partial charge in [-0.1, -0.05) is 20.8 Å². The Morgan fingerprint density at radius 1 is 1.24 bits per heavy atom. The molecule has 0 heterocycles. The number of rotatable bonds is 4. The van der Waals surface area contributed by atoms with E-state index >= 15 is 0 Å². The molecule has 0 radical (unpaired) electrons. The van der Waals surface area contributed by atoms with Gasteiger partial charge in [0.2, 0.25) is 0 Å². The van der Waals surface area contributed by atoms with E-state index in [1.54, 1.807) is 6.07 Å². The van der Waals surface area contributed by atoms with Crippen molar-refractivity contribution in [3.63, 3.8) is 0 Å². The highest BCUT2D eigenvalue weighted by molar-refractivity contribution is 5.76. The van der Waals surface area contributed by atoms with Crippen LogP contribution in [0.1, 0.15) is 66.9 Å². The van der Waals surface area contributed by atoms with Crippen molar-refractivity contribution in [3.05, 3.63) is 28.8 Å². The quantitative estimate of drug-likeness (QED) is 0.801. The molecule has 1 aliphatic rings. The van der Waals surface area contributed by atoms with Crippen molar-refractivity contribution in [2.24, 2.45) is 5.92 Å². The van der Waals surface area contributed by atoms with E-state index in [0.717, 1.165) is 17.4 Å². The summed E-state index contributed by atoms with van der Waals surface area (Å²) in [7, 11) is 0. The fourth-order valence-corrected chi connectivity index (χ4v) is 2.41. The highest BCUT2D eigenvalue weighted by Gasteiger charge is 2.31. The molecule has 2 rings (SSSR count). The van der Waals surface area contributed by atoms with Gasteiger partial charge in [-0.2, -0.15) is 0 Å². The van der Waals surface area contributed by atoms with Crippen LogP contribution in [0.4, 0.5) is 0 Å². The first-order chi connectivity index (χ1) is 8.04. The molecule has 1 fully saturated rings. The van der Waals surface area contributed by atoms with E-state index in [0.29, 0.717) is 23.1 Å². The zero-order valence-electron chi connectivity index (χ0n) is 10.7. The van der Waals surface area contributed by atoms with Gasteiger partial charge in [0.05, 0.1) is 0 Å². The van der Waals surface area contributed by atoms with Gasteiger partial charge in [0, 0.05) is 5.56 Å². The van der Waals surface area contributed by atoms with Gasteiger partial charge < -0.3 is 5.11 Å². The van der Waals surface area contributed by atoms with E-state index in [4.69, 9.17) is 0 Å². The maximum absolute atomic E-state index is 11.0. The molecule has 1 aliphatic carbocycles. The number of carbonyl (C=O) groups is 1. The highest BCUT2D eigenvalue weighted by Crippen LogP contribution is 2.46. The predicted molar refractivity (Wildman–Crippen MR) is 68.7 cm³/mol. The molecule has 0 amide bonds. The summed E-state index contributed by atoms with van der Waals surface area (Å²) in [6, 6.07) is 3.65. The van der Waals surface area contributed by atoms with Crippen molar-refractivity contribution in [2.75, 3.05) is 0 Å². The van der Waals surface area contributed by atoms with Crippen molar-refractivity contribution < 1.29 is 9.90 Å². The minimum Gasteiger partial charge on any atom is -0.507 e. The smallest absolute Gasteiger partial charge is 0.150 e. The molecule has 0 aliphatic heterocycles. The maximum atomic E-state index is 11.0. The number of hydrogen-bond donors (Lipinski definition) is 1. The van der Waals surface area contributed by atoms with Crippen LogP contribution < -0.4 is 0 Å². The van der Waals surface area contributed by atoms with Gasteiger partial charge >= 0.3 is 0 Å². The number of carbonyl (C=O) groups excluding carboxylic acids is 1. The lowest BCUT2D eigenvalue weighted by Crippen LogP contribution is -2.01. The van der Waals surface area contributed by atoms with E-state index in [1.807, 2.05) is 19.9 Å². The van der Waals surface area contributed by atoms with E-state index < -0.39 is 0 Å². The molecule has 0 spiro atoms. The minimum atomic E-state index is 0.236. The fourth-order valence-electron chi connectivity index (χ4n) is 2.41. The molecule has 0 saturated heterocycles. The standard InChI is InChI=1S/C15H20O2/c1-9(2)13-6-11(8-16)7-14(15(13)17)10(3)12-4-5-12/h6-10,12,17H,4-5H2,1-3H3/t10-/m1/s1. The molecule has 1 N–H and O–H groups in total. The van der Waals surface area contributed by atoms with Crippen molar-refractivity contribution in [1.29, 1.82) is 0 Å². The topological polar surface area (TPSA) is 37.3 Å². The fraction of sp³-hybridized carbons (Fsp3) is 0.533. The molecule has 0 unspecified atom stereocenters. The van der Waals surface area contributed by atoms with Crippen molar-refractivity contribution in [1.82, 2.24) is 0 Å². The summed E-state index contributed by atoms with van der Waals surface area (Å²) in [6.45, 7) is 6.22. The Labute approximate surface area is 103 Å². The van der Waals surface area contributed by atoms with E-state index in [-0.39, 0.29) is 5.92 Å². The number of benzene rings is 1. The van der Waals surface area contributed by atoms with Crippen molar-refractivity contribution in [2.45, 2.75) is 45.4 Å². The normalized spacial score (nSPS) is 17.2. The predicted octanol–water partition coefficient (Wildman–Crippen LogP) is 3.84. The Balaban J connectivity index is 2.48. The number of aromatic hydroxyl groups is 1. The number of phenols is 1. The molecule has 2 heteroatoms. The van der Waals surface area contributed by atoms with Crippen LogP contribution >= 0.6 is 0 Å². The summed E-state index contributed by atoms with van der Waals surface area (Å²) in [5.74, 6) is 1.67. The molecule has 0 aromatic heterocycles. The summed E-state index contributed by atoms with van der Waals surface area (Å²) < 4.78 is 0. The van der Waals surface area contributed by atoms with Crippen molar-refractivity contribution in [3.8, 4) is 5.75 Å². The van der Waals surface area contributed by atoms with Gasteiger partial charge in [0.25, 0.3) is 0 Å². The Morgan fingerprint density at radius 3 is 2.29 bits per heavy atom. The Hall–Kier alpha value is -1.31. The van der Waals surface area contributed by atoms with E-state index in [2.05, 4.69) is 6.92 Å². The van der Waals surface area contributed by atoms with Crippen LogP contribution in [-0.4, -0.2) is 11.4 Å². The molecule has 1 atom stereocenters. The molecular formula is C15H20O2. The van der Waals surface area contributed by atoms with Gasteiger partial charge in [-0.05, 0) is 53.9 Å². The lowest BCUT2D eigenvalue weighted by molar-refractivity contribution is 0.112. The number of aldehydes is 1. The second kappa shape index (κ2) is 4.52. The summed E-state index contributed by atoms with van der Waals surface area (Å²) in [6.07, 6.45) is 3.35. The minimum absolute atomic E-state index is 0.236. The Bertz CT molecular complexity index is 431. The Morgan fingerprint density at radius 2 is 1.82 bits per heavy atom. The summed E-state index contributed by atoms with van der Waals surface area (Å²) in [5.41, 5.74) is 2.51. The summed E-state index contributed by atoms with van der Waals surface area (Å²) in [4.78, 5) is 11.0. The van der Waals surface area contributed by atoms with Gasteiger partial charge in [-0.25, -0.2) is 0 Å². The second-order valence-electron chi connectivity index (χ2n) is 5.45.